The monoisotopic (exact) mass is 399 g/mol. The Morgan fingerprint density at radius 2 is 1.62 bits per heavy atom. The minimum Gasteiger partial charge on any atom is -0.465 e. The molecule has 2 aromatic carbocycles. The van der Waals surface area contributed by atoms with Crippen LogP contribution in [0.25, 0.3) is 0 Å². The van der Waals surface area contributed by atoms with Crippen LogP contribution in [-0.4, -0.2) is 47.9 Å². The zero-order valence-electron chi connectivity index (χ0n) is 16.5. The molecular formula is C22H29N3O4. The summed E-state index contributed by atoms with van der Waals surface area (Å²) in [6.07, 6.45) is 0.169. The summed E-state index contributed by atoms with van der Waals surface area (Å²) >= 11 is 0. The molecule has 7 nitrogen and oxygen atoms in total. The molecule has 0 aromatic heterocycles. The van der Waals surface area contributed by atoms with Gasteiger partial charge in [-0.1, -0.05) is 60.7 Å². The van der Waals surface area contributed by atoms with E-state index in [-0.39, 0.29) is 12.6 Å². The number of benzene rings is 2. The van der Waals surface area contributed by atoms with E-state index < -0.39 is 12.2 Å². The van der Waals surface area contributed by atoms with Crippen molar-refractivity contribution in [1.82, 2.24) is 10.2 Å². The Morgan fingerprint density at radius 1 is 1.00 bits per heavy atom. The first-order valence-corrected chi connectivity index (χ1v) is 9.77. The predicted octanol–water partition coefficient (Wildman–Crippen LogP) is 3.24. The zero-order valence-corrected chi connectivity index (χ0v) is 16.5. The number of carboxylic acid groups (broad SMARTS) is 1. The van der Waals surface area contributed by atoms with Gasteiger partial charge >= 0.3 is 12.2 Å². The third-order valence-electron chi connectivity index (χ3n) is 4.51. The Balaban J connectivity index is 1.94. The average Bonchev–Trinajstić information content (AvgIpc) is 2.73. The zero-order chi connectivity index (χ0) is 20.9. The van der Waals surface area contributed by atoms with Crippen molar-refractivity contribution < 1.29 is 19.4 Å². The number of hydrogen-bond donors (Lipinski definition) is 3. The Labute approximate surface area is 171 Å². The summed E-state index contributed by atoms with van der Waals surface area (Å²) in [7, 11) is 0. The summed E-state index contributed by atoms with van der Waals surface area (Å²) in [6.45, 7) is 1.30. The lowest BCUT2D eigenvalue weighted by molar-refractivity contribution is 0.131. The number of alkyl carbamates (subject to hydrolysis) is 1. The Bertz CT molecular complexity index is 740. The molecule has 2 amide bonds. The largest absolute Gasteiger partial charge is 0.465 e. The summed E-state index contributed by atoms with van der Waals surface area (Å²) in [6, 6.07) is 19.0. The van der Waals surface area contributed by atoms with Crippen molar-refractivity contribution in [2.24, 2.45) is 5.73 Å². The van der Waals surface area contributed by atoms with Crippen molar-refractivity contribution in [3.63, 3.8) is 0 Å². The molecule has 1 atom stereocenters. The fourth-order valence-corrected chi connectivity index (χ4v) is 2.95. The molecule has 0 aliphatic rings. The maximum Gasteiger partial charge on any atom is 0.407 e. The molecule has 156 valence electrons. The van der Waals surface area contributed by atoms with Crippen LogP contribution in [0.3, 0.4) is 0 Å². The van der Waals surface area contributed by atoms with Crippen LogP contribution in [0.15, 0.2) is 60.7 Å². The molecule has 7 heteroatoms. The van der Waals surface area contributed by atoms with Gasteiger partial charge in [0.2, 0.25) is 0 Å². The van der Waals surface area contributed by atoms with Crippen LogP contribution in [0.5, 0.6) is 0 Å². The van der Waals surface area contributed by atoms with Gasteiger partial charge in [-0.15, -0.1) is 0 Å². The van der Waals surface area contributed by atoms with Crippen LogP contribution in [0.1, 0.15) is 24.0 Å². The van der Waals surface area contributed by atoms with E-state index in [4.69, 9.17) is 10.5 Å². The van der Waals surface area contributed by atoms with Crippen LogP contribution in [0.2, 0.25) is 0 Å². The third-order valence-corrected chi connectivity index (χ3v) is 4.51. The highest BCUT2D eigenvalue weighted by Crippen LogP contribution is 2.09. The van der Waals surface area contributed by atoms with Gasteiger partial charge in [0.15, 0.2) is 0 Å². The molecule has 2 aromatic rings. The van der Waals surface area contributed by atoms with Gasteiger partial charge in [0.25, 0.3) is 0 Å². The second-order valence-electron chi connectivity index (χ2n) is 6.79. The SMILES string of the molecule is NCCCN(CCC(Cc1ccccc1)NC(=O)OCc1ccccc1)C(=O)O. The van der Waals surface area contributed by atoms with Gasteiger partial charge in [0.1, 0.15) is 6.61 Å². The highest BCUT2D eigenvalue weighted by molar-refractivity contribution is 5.67. The van der Waals surface area contributed by atoms with E-state index in [1.165, 1.54) is 4.90 Å². The number of carbonyl (C=O) groups excluding carboxylic acids is 1. The fraction of sp³-hybridized carbons (Fsp3) is 0.364. The summed E-state index contributed by atoms with van der Waals surface area (Å²) in [5.74, 6) is 0. The van der Waals surface area contributed by atoms with E-state index in [9.17, 15) is 14.7 Å². The topological polar surface area (TPSA) is 105 Å². The molecule has 0 bridgehead atoms. The van der Waals surface area contributed by atoms with E-state index in [2.05, 4.69) is 5.32 Å². The fourth-order valence-electron chi connectivity index (χ4n) is 2.95. The number of nitrogens with two attached hydrogens (primary N) is 1. The number of nitrogens with one attached hydrogen (secondary N) is 1. The number of ether oxygens (including phenoxy) is 1. The molecule has 0 aliphatic carbocycles. The molecule has 4 N–H and O–H groups in total. The van der Waals surface area contributed by atoms with Crippen molar-refractivity contribution in [1.29, 1.82) is 0 Å². The molecule has 0 radical (unpaired) electrons. The summed E-state index contributed by atoms with van der Waals surface area (Å²) in [5, 5.41) is 12.2. The van der Waals surface area contributed by atoms with Crippen LogP contribution in [0, 0.1) is 0 Å². The van der Waals surface area contributed by atoms with Gasteiger partial charge in [-0.05, 0) is 36.9 Å². The molecule has 29 heavy (non-hydrogen) atoms. The van der Waals surface area contributed by atoms with Gasteiger partial charge in [-0.2, -0.15) is 0 Å². The van der Waals surface area contributed by atoms with E-state index >= 15 is 0 Å². The lowest BCUT2D eigenvalue weighted by Gasteiger charge is -2.24. The molecule has 0 heterocycles. The third kappa shape index (κ3) is 8.66. The predicted molar refractivity (Wildman–Crippen MR) is 112 cm³/mol. The minimum atomic E-state index is -0.983. The highest BCUT2D eigenvalue weighted by atomic mass is 16.5. The summed E-state index contributed by atoms with van der Waals surface area (Å²) < 4.78 is 5.32. The first-order chi connectivity index (χ1) is 14.1. The van der Waals surface area contributed by atoms with E-state index in [1.54, 1.807) is 0 Å². The van der Waals surface area contributed by atoms with Crippen LogP contribution in [0.4, 0.5) is 9.59 Å². The second-order valence-corrected chi connectivity index (χ2v) is 6.79. The van der Waals surface area contributed by atoms with Gasteiger partial charge in [-0.25, -0.2) is 9.59 Å². The van der Waals surface area contributed by atoms with Crippen LogP contribution >= 0.6 is 0 Å². The second kappa shape index (κ2) is 12.4. The first kappa shape index (κ1) is 22.2. The van der Waals surface area contributed by atoms with Crippen molar-refractivity contribution in [3.8, 4) is 0 Å². The number of hydrogen-bond acceptors (Lipinski definition) is 4. The summed E-state index contributed by atoms with van der Waals surface area (Å²) in [5.41, 5.74) is 7.45. The Kier molecular flexibility index (Phi) is 9.51. The lowest BCUT2D eigenvalue weighted by atomic mass is 10.0. The van der Waals surface area contributed by atoms with Gasteiger partial charge < -0.3 is 25.8 Å². The van der Waals surface area contributed by atoms with Crippen molar-refractivity contribution in [3.05, 3.63) is 71.8 Å². The molecule has 2 rings (SSSR count). The van der Waals surface area contributed by atoms with E-state index in [1.807, 2.05) is 60.7 Å². The lowest BCUT2D eigenvalue weighted by Crippen LogP contribution is -2.41. The standard InChI is InChI=1S/C22H29N3O4/c23-13-7-14-25(22(27)28)15-12-20(16-18-8-3-1-4-9-18)24-21(26)29-17-19-10-5-2-6-11-19/h1-6,8-11,20H,7,12-17,23H2,(H,24,26)(H,27,28). The number of rotatable bonds is 11. The van der Waals surface area contributed by atoms with Gasteiger partial charge in [0, 0.05) is 19.1 Å². The molecule has 0 aliphatic heterocycles. The van der Waals surface area contributed by atoms with Crippen molar-refractivity contribution in [2.75, 3.05) is 19.6 Å². The Hall–Kier alpha value is -3.06. The molecule has 1 unspecified atom stereocenters. The summed E-state index contributed by atoms with van der Waals surface area (Å²) in [4.78, 5) is 25.1. The number of amides is 2. The smallest absolute Gasteiger partial charge is 0.407 e. The van der Waals surface area contributed by atoms with E-state index in [0.717, 1.165) is 11.1 Å². The first-order valence-electron chi connectivity index (χ1n) is 9.77. The number of nitrogens with zero attached hydrogens (tertiary/aromatic N) is 1. The van der Waals surface area contributed by atoms with E-state index in [0.29, 0.717) is 38.9 Å². The number of carbonyl (C=O) groups is 2. The Morgan fingerprint density at radius 3 is 2.21 bits per heavy atom. The van der Waals surface area contributed by atoms with Crippen molar-refractivity contribution in [2.45, 2.75) is 31.9 Å². The average molecular weight is 399 g/mol. The maximum atomic E-state index is 12.3. The molecule has 0 saturated carbocycles. The molecular weight excluding hydrogens is 370 g/mol. The molecule has 0 fully saturated rings. The van der Waals surface area contributed by atoms with Gasteiger partial charge in [-0.3, -0.25) is 0 Å². The maximum absolute atomic E-state index is 12.3. The van der Waals surface area contributed by atoms with Crippen LogP contribution in [-0.2, 0) is 17.8 Å². The highest BCUT2D eigenvalue weighted by Gasteiger charge is 2.18. The molecule has 0 spiro atoms. The minimum absolute atomic E-state index is 0.183. The van der Waals surface area contributed by atoms with Gasteiger partial charge in [0.05, 0.1) is 0 Å². The molecule has 0 saturated heterocycles. The van der Waals surface area contributed by atoms with Crippen LogP contribution < -0.4 is 11.1 Å². The quantitative estimate of drug-likeness (QED) is 0.538. The normalized spacial score (nSPS) is 11.5. The van der Waals surface area contributed by atoms with Crippen molar-refractivity contribution >= 4 is 12.2 Å².